The molecule has 0 saturated heterocycles. The number of hydrogen-bond donors (Lipinski definition) is 0. The van der Waals surface area contributed by atoms with Gasteiger partial charge in [-0.25, -0.2) is 0 Å². The van der Waals surface area contributed by atoms with E-state index in [4.69, 9.17) is 11.6 Å². The molecular formula is C19H16ClNO2. The minimum atomic E-state index is -0.0708. The molecule has 0 aliphatic heterocycles. The van der Waals surface area contributed by atoms with Crippen molar-refractivity contribution in [3.05, 3.63) is 75.8 Å². The molecule has 0 heterocycles. The van der Waals surface area contributed by atoms with E-state index in [1.165, 1.54) is 0 Å². The zero-order valence-corrected chi connectivity index (χ0v) is 13.7. The molecule has 3 nitrogen and oxygen atoms in total. The van der Waals surface area contributed by atoms with E-state index in [1.807, 2.05) is 24.1 Å². The minimum absolute atomic E-state index is 0.0697. The Hall–Kier alpha value is -2.39. The number of anilines is 1. The van der Waals surface area contributed by atoms with Gasteiger partial charge in [-0.2, -0.15) is 0 Å². The molecule has 4 heteroatoms. The van der Waals surface area contributed by atoms with E-state index in [-0.39, 0.29) is 11.6 Å². The van der Waals surface area contributed by atoms with Crippen LogP contribution >= 0.6 is 11.6 Å². The molecule has 0 atom stereocenters. The predicted molar refractivity (Wildman–Crippen MR) is 92.5 cm³/mol. The summed E-state index contributed by atoms with van der Waals surface area (Å²) in [7, 11) is 1.89. The van der Waals surface area contributed by atoms with Crippen LogP contribution in [-0.4, -0.2) is 25.2 Å². The lowest BCUT2D eigenvalue weighted by Crippen LogP contribution is -2.29. The number of carbonyl (C=O) groups is 2. The molecule has 0 aromatic heterocycles. The van der Waals surface area contributed by atoms with E-state index in [9.17, 15) is 9.59 Å². The first-order chi connectivity index (χ1) is 11.0. The van der Waals surface area contributed by atoms with Crippen molar-refractivity contribution in [1.82, 2.24) is 0 Å². The number of ketones is 2. The van der Waals surface area contributed by atoms with Gasteiger partial charge < -0.3 is 4.90 Å². The second kappa shape index (κ2) is 6.01. The van der Waals surface area contributed by atoms with Gasteiger partial charge in [0.05, 0.1) is 0 Å². The van der Waals surface area contributed by atoms with Gasteiger partial charge >= 0.3 is 0 Å². The number of halogens is 1. The molecule has 0 amide bonds. The van der Waals surface area contributed by atoms with E-state index in [0.29, 0.717) is 33.8 Å². The fraction of sp³-hybridized carbons (Fsp3) is 0.158. The van der Waals surface area contributed by atoms with Crippen molar-refractivity contribution in [1.29, 1.82) is 0 Å². The molecule has 0 spiro atoms. The van der Waals surface area contributed by atoms with E-state index < -0.39 is 0 Å². The quantitative estimate of drug-likeness (QED) is 0.850. The van der Waals surface area contributed by atoms with Crippen molar-refractivity contribution < 1.29 is 9.59 Å². The summed E-state index contributed by atoms with van der Waals surface area (Å²) in [6.45, 7) is 2.10. The van der Waals surface area contributed by atoms with Crippen molar-refractivity contribution >= 4 is 28.9 Å². The molecular weight excluding hydrogens is 310 g/mol. The van der Waals surface area contributed by atoms with Gasteiger partial charge in [-0.3, -0.25) is 9.59 Å². The summed E-state index contributed by atoms with van der Waals surface area (Å²) in [5, 5.41) is 0.662. The first-order valence-electron chi connectivity index (χ1n) is 7.34. The van der Waals surface area contributed by atoms with E-state index >= 15 is 0 Å². The van der Waals surface area contributed by atoms with Gasteiger partial charge in [0, 0.05) is 46.6 Å². The van der Waals surface area contributed by atoms with Crippen LogP contribution in [0.3, 0.4) is 0 Å². The van der Waals surface area contributed by atoms with Crippen molar-refractivity contribution in [3.63, 3.8) is 0 Å². The van der Waals surface area contributed by atoms with Crippen molar-refractivity contribution in [2.75, 3.05) is 18.5 Å². The number of hydrogen-bond acceptors (Lipinski definition) is 3. The number of allylic oxidation sites excluding steroid dienone is 1. The van der Waals surface area contributed by atoms with Crippen LogP contribution in [-0.2, 0) is 0 Å². The number of nitrogens with zero attached hydrogens (tertiary/aromatic N) is 1. The second-order valence-corrected chi connectivity index (χ2v) is 6.08. The van der Waals surface area contributed by atoms with Crippen LogP contribution in [0.25, 0.3) is 0 Å². The van der Waals surface area contributed by atoms with Crippen molar-refractivity contribution in [2.45, 2.75) is 6.92 Å². The Kier molecular flexibility index (Phi) is 4.05. The molecule has 116 valence electrons. The molecule has 0 bridgehead atoms. The topological polar surface area (TPSA) is 37.4 Å². The lowest BCUT2D eigenvalue weighted by Gasteiger charge is -2.25. The van der Waals surface area contributed by atoms with Crippen molar-refractivity contribution in [3.8, 4) is 0 Å². The molecule has 0 radical (unpaired) electrons. The molecule has 0 saturated carbocycles. The van der Waals surface area contributed by atoms with Gasteiger partial charge in [0.25, 0.3) is 0 Å². The summed E-state index contributed by atoms with van der Waals surface area (Å²) >= 11 is 5.90. The highest BCUT2D eigenvalue weighted by Gasteiger charge is 2.29. The Labute approximate surface area is 140 Å². The molecule has 1 aliphatic rings. The Morgan fingerprint density at radius 2 is 1.48 bits per heavy atom. The molecule has 0 N–H and O–H groups in total. The average Bonchev–Trinajstić information content (AvgIpc) is 2.57. The molecule has 0 fully saturated rings. The summed E-state index contributed by atoms with van der Waals surface area (Å²) in [6, 6.07) is 14.4. The zero-order valence-electron chi connectivity index (χ0n) is 13.0. The number of carbonyl (C=O) groups excluding carboxylic acids is 2. The maximum Gasteiger partial charge on any atom is 0.191 e. The zero-order chi connectivity index (χ0) is 16.6. The third kappa shape index (κ3) is 2.80. The van der Waals surface area contributed by atoms with Crippen LogP contribution in [0, 0.1) is 0 Å². The van der Waals surface area contributed by atoms with E-state index in [1.54, 1.807) is 43.3 Å². The number of Topliss-reactive ketones (excluding diaryl/α,β-unsaturated/α-hetero) is 2. The summed E-state index contributed by atoms with van der Waals surface area (Å²) in [6.07, 6.45) is 0. The molecule has 2 aromatic rings. The second-order valence-electron chi connectivity index (χ2n) is 5.64. The lowest BCUT2D eigenvalue weighted by atomic mass is 9.84. The molecule has 3 rings (SSSR count). The third-order valence-corrected chi connectivity index (χ3v) is 4.40. The number of fused-ring (bicyclic) bond motifs is 1. The van der Waals surface area contributed by atoms with Crippen LogP contribution in [0.2, 0.25) is 5.02 Å². The third-order valence-electron chi connectivity index (χ3n) is 4.15. The Morgan fingerprint density at radius 1 is 0.913 bits per heavy atom. The summed E-state index contributed by atoms with van der Waals surface area (Å²) in [5.41, 5.74) is 2.99. The minimum Gasteiger partial charge on any atom is -0.370 e. The summed E-state index contributed by atoms with van der Waals surface area (Å²) in [5.74, 6) is -0.141. The highest BCUT2D eigenvalue weighted by atomic mass is 35.5. The fourth-order valence-corrected chi connectivity index (χ4v) is 2.89. The summed E-state index contributed by atoms with van der Waals surface area (Å²) in [4.78, 5) is 27.2. The maximum absolute atomic E-state index is 12.7. The van der Waals surface area contributed by atoms with Gasteiger partial charge in [0.1, 0.15) is 0 Å². The van der Waals surface area contributed by atoms with Gasteiger partial charge in [0.15, 0.2) is 11.6 Å². The first kappa shape index (κ1) is 15.5. The average molecular weight is 326 g/mol. The Bertz CT molecular complexity index is 822. The number of likely N-dealkylation sites (N-methyl/N-ethyl adjacent to an activating group) is 1. The largest absolute Gasteiger partial charge is 0.370 e. The summed E-state index contributed by atoms with van der Waals surface area (Å²) < 4.78 is 0. The fourth-order valence-electron chi connectivity index (χ4n) is 2.77. The number of rotatable bonds is 3. The number of benzene rings is 2. The molecule has 2 aromatic carbocycles. The van der Waals surface area contributed by atoms with Gasteiger partial charge in [-0.1, -0.05) is 35.9 Å². The maximum atomic E-state index is 12.7. The van der Waals surface area contributed by atoms with Gasteiger partial charge in [-0.15, -0.1) is 0 Å². The molecule has 0 unspecified atom stereocenters. The molecule has 23 heavy (non-hydrogen) atoms. The van der Waals surface area contributed by atoms with Crippen LogP contribution in [0.4, 0.5) is 5.69 Å². The SMILES string of the molecule is CC1=C(CN(C)c2ccc(Cl)cc2)C(=O)c2ccccc2C1=O. The Balaban J connectivity index is 1.93. The van der Waals surface area contributed by atoms with Crippen molar-refractivity contribution in [2.24, 2.45) is 0 Å². The Morgan fingerprint density at radius 3 is 2.09 bits per heavy atom. The lowest BCUT2D eigenvalue weighted by molar-refractivity contribution is 0.0973. The normalized spacial score (nSPS) is 14.0. The first-order valence-corrected chi connectivity index (χ1v) is 7.71. The van der Waals surface area contributed by atoms with Crippen LogP contribution in [0.15, 0.2) is 59.7 Å². The predicted octanol–water partition coefficient (Wildman–Crippen LogP) is 4.17. The van der Waals surface area contributed by atoms with E-state index in [2.05, 4.69) is 0 Å². The highest BCUT2D eigenvalue weighted by molar-refractivity contribution is 6.30. The van der Waals surface area contributed by atoms with E-state index in [0.717, 1.165) is 5.69 Å². The van der Waals surface area contributed by atoms with Gasteiger partial charge in [-0.05, 0) is 31.2 Å². The van der Waals surface area contributed by atoms with Crippen LogP contribution in [0.1, 0.15) is 27.6 Å². The monoisotopic (exact) mass is 325 g/mol. The standard InChI is InChI=1S/C19H16ClNO2/c1-12-17(11-21(2)14-9-7-13(20)8-10-14)19(23)16-6-4-3-5-15(16)18(12)22/h3-10H,11H2,1-2H3. The highest BCUT2D eigenvalue weighted by Crippen LogP contribution is 2.27. The molecule has 1 aliphatic carbocycles. The smallest absolute Gasteiger partial charge is 0.191 e. The van der Waals surface area contributed by atoms with Crippen LogP contribution in [0.5, 0.6) is 0 Å². The van der Waals surface area contributed by atoms with Gasteiger partial charge in [0.2, 0.25) is 0 Å². The van der Waals surface area contributed by atoms with Crippen LogP contribution < -0.4 is 4.90 Å².